The van der Waals surface area contributed by atoms with Crippen molar-refractivity contribution in [2.45, 2.75) is 19.9 Å². The third-order valence-electron chi connectivity index (χ3n) is 3.78. The number of ether oxygens (including phenoxy) is 1. The van der Waals surface area contributed by atoms with Gasteiger partial charge in [0.15, 0.2) is 0 Å². The van der Waals surface area contributed by atoms with Crippen LogP contribution >= 0.6 is 11.3 Å². The zero-order valence-electron chi connectivity index (χ0n) is 14.0. The molecule has 2 aromatic rings. The van der Waals surface area contributed by atoms with E-state index >= 15 is 0 Å². The minimum absolute atomic E-state index is 0.282. The van der Waals surface area contributed by atoms with E-state index in [1.807, 2.05) is 36.6 Å². The Bertz CT molecular complexity index is 815. The summed E-state index contributed by atoms with van der Waals surface area (Å²) >= 11 is 1.49. The Morgan fingerprint density at radius 3 is 2.80 bits per heavy atom. The second-order valence-corrected chi connectivity index (χ2v) is 6.45. The lowest BCUT2D eigenvalue weighted by molar-refractivity contribution is -0.113. The van der Waals surface area contributed by atoms with E-state index in [-0.39, 0.29) is 11.9 Å². The van der Waals surface area contributed by atoms with Crippen molar-refractivity contribution in [3.8, 4) is 5.75 Å². The first kappa shape index (κ1) is 17.0. The van der Waals surface area contributed by atoms with E-state index in [0.29, 0.717) is 29.3 Å². The van der Waals surface area contributed by atoms with E-state index in [9.17, 15) is 9.59 Å². The molecule has 0 fully saturated rings. The number of hydrogen-bond donors (Lipinski definition) is 3. The van der Waals surface area contributed by atoms with Crippen molar-refractivity contribution in [2.75, 3.05) is 11.9 Å². The molecule has 130 valence electrons. The molecule has 25 heavy (non-hydrogen) atoms. The lowest BCUT2D eigenvalue weighted by Gasteiger charge is -2.27. The lowest BCUT2D eigenvalue weighted by atomic mass is 10.0. The van der Waals surface area contributed by atoms with Gasteiger partial charge >= 0.3 is 6.03 Å². The average molecular weight is 357 g/mol. The highest BCUT2D eigenvalue weighted by atomic mass is 32.1. The largest absolute Gasteiger partial charge is 0.492 e. The molecule has 1 aliphatic rings. The Balaban J connectivity index is 1.91. The monoisotopic (exact) mass is 357 g/mol. The van der Waals surface area contributed by atoms with E-state index in [2.05, 4.69) is 16.0 Å². The molecule has 1 aromatic heterocycles. The maximum atomic E-state index is 12.9. The van der Waals surface area contributed by atoms with Gasteiger partial charge in [0.05, 0.1) is 23.9 Å². The lowest BCUT2D eigenvalue weighted by Crippen LogP contribution is -2.45. The third-order valence-corrected chi connectivity index (χ3v) is 4.71. The van der Waals surface area contributed by atoms with Crippen LogP contribution in [0.2, 0.25) is 0 Å². The zero-order valence-corrected chi connectivity index (χ0v) is 14.8. The number of amides is 3. The predicted molar refractivity (Wildman–Crippen MR) is 97.7 cm³/mol. The highest BCUT2D eigenvalue weighted by Crippen LogP contribution is 2.31. The number of carbonyl (C=O) groups is 2. The van der Waals surface area contributed by atoms with Gasteiger partial charge in [0, 0.05) is 10.6 Å². The molecular formula is C18H19N3O3S. The minimum Gasteiger partial charge on any atom is -0.492 e. The van der Waals surface area contributed by atoms with Crippen LogP contribution in [-0.4, -0.2) is 18.5 Å². The average Bonchev–Trinajstić information content (AvgIpc) is 3.10. The van der Waals surface area contributed by atoms with E-state index in [0.717, 1.165) is 4.88 Å². The second-order valence-electron chi connectivity index (χ2n) is 5.47. The van der Waals surface area contributed by atoms with Gasteiger partial charge in [-0.15, -0.1) is 11.3 Å². The summed E-state index contributed by atoms with van der Waals surface area (Å²) in [6.45, 7) is 4.12. The van der Waals surface area contributed by atoms with Gasteiger partial charge in [-0.25, -0.2) is 4.79 Å². The fourth-order valence-electron chi connectivity index (χ4n) is 2.70. The Morgan fingerprint density at radius 1 is 1.28 bits per heavy atom. The third kappa shape index (κ3) is 3.66. The van der Waals surface area contributed by atoms with Gasteiger partial charge in [-0.1, -0.05) is 18.2 Å². The van der Waals surface area contributed by atoms with Crippen LogP contribution in [0.25, 0.3) is 0 Å². The predicted octanol–water partition coefficient (Wildman–Crippen LogP) is 3.41. The molecule has 0 saturated heterocycles. The van der Waals surface area contributed by atoms with Crippen LogP contribution in [0, 0.1) is 0 Å². The molecule has 0 spiro atoms. The van der Waals surface area contributed by atoms with E-state index < -0.39 is 6.04 Å². The summed E-state index contributed by atoms with van der Waals surface area (Å²) in [6.07, 6.45) is 0. The Morgan fingerprint density at radius 2 is 2.08 bits per heavy atom. The molecule has 0 saturated carbocycles. The van der Waals surface area contributed by atoms with E-state index in [1.165, 1.54) is 11.3 Å². The zero-order chi connectivity index (χ0) is 17.8. The first-order valence-electron chi connectivity index (χ1n) is 7.95. The van der Waals surface area contributed by atoms with E-state index in [1.54, 1.807) is 19.1 Å². The number of benzene rings is 1. The van der Waals surface area contributed by atoms with Gasteiger partial charge in [0.25, 0.3) is 5.91 Å². The fraction of sp³-hybridized carbons (Fsp3) is 0.222. The summed E-state index contributed by atoms with van der Waals surface area (Å²) in [6, 6.07) is 10.3. The molecule has 0 aliphatic carbocycles. The Labute approximate surface area is 149 Å². The molecule has 3 amide bonds. The number of nitrogens with one attached hydrogen (secondary N) is 3. The maximum absolute atomic E-state index is 12.9. The van der Waals surface area contributed by atoms with Crippen molar-refractivity contribution >= 4 is 29.0 Å². The van der Waals surface area contributed by atoms with Crippen LogP contribution in [0.3, 0.4) is 0 Å². The SMILES string of the molecule is CCOc1ccccc1NC(=O)C1=C(C)NC(=O)N[C@@H]1c1cccs1. The van der Waals surface area contributed by atoms with Crippen molar-refractivity contribution in [1.82, 2.24) is 10.6 Å². The van der Waals surface area contributed by atoms with Crippen LogP contribution in [0.1, 0.15) is 24.8 Å². The number of para-hydroxylation sites is 2. The van der Waals surface area contributed by atoms with Crippen molar-refractivity contribution in [1.29, 1.82) is 0 Å². The van der Waals surface area contributed by atoms with Gasteiger partial charge in [-0.05, 0) is 37.4 Å². The minimum atomic E-state index is -0.479. The number of allylic oxidation sites excluding steroid dienone is 1. The summed E-state index contributed by atoms with van der Waals surface area (Å²) in [5.41, 5.74) is 1.61. The van der Waals surface area contributed by atoms with Crippen molar-refractivity contribution in [2.24, 2.45) is 0 Å². The number of thiophene rings is 1. The molecule has 1 aliphatic heterocycles. The maximum Gasteiger partial charge on any atom is 0.319 e. The molecule has 2 heterocycles. The smallest absolute Gasteiger partial charge is 0.319 e. The van der Waals surface area contributed by atoms with Gasteiger partial charge in [-0.2, -0.15) is 0 Å². The fourth-order valence-corrected chi connectivity index (χ4v) is 3.49. The molecule has 3 N–H and O–H groups in total. The summed E-state index contributed by atoms with van der Waals surface area (Å²) in [5, 5.41) is 10.3. The normalized spacial score (nSPS) is 16.9. The Hall–Kier alpha value is -2.80. The van der Waals surface area contributed by atoms with Crippen LogP contribution in [0.5, 0.6) is 5.75 Å². The Kier molecular flexibility index (Phi) is 5.04. The van der Waals surface area contributed by atoms with Crippen molar-refractivity contribution < 1.29 is 14.3 Å². The first-order chi connectivity index (χ1) is 12.1. The van der Waals surface area contributed by atoms with Crippen LogP contribution in [0.4, 0.5) is 10.5 Å². The van der Waals surface area contributed by atoms with Crippen molar-refractivity contribution in [3.05, 3.63) is 57.9 Å². The van der Waals surface area contributed by atoms with Gasteiger partial charge < -0.3 is 20.7 Å². The summed E-state index contributed by atoms with van der Waals surface area (Å²) in [7, 11) is 0. The number of carbonyl (C=O) groups excluding carboxylic acids is 2. The number of rotatable bonds is 5. The molecule has 0 bridgehead atoms. The molecule has 7 heteroatoms. The highest BCUT2D eigenvalue weighted by Gasteiger charge is 2.32. The molecule has 1 aromatic carbocycles. The molecule has 6 nitrogen and oxygen atoms in total. The van der Waals surface area contributed by atoms with Gasteiger partial charge in [0.1, 0.15) is 5.75 Å². The van der Waals surface area contributed by atoms with Gasteiger partial charge in [0.2, 0.25) is 0 Å². The molecule has 0 radical (unpaired) electrons. The van der Waals surface area contributed by atoms with Crippen LogP contribution in [0.15, 0.2) is 53.0 Å². The molecule has 1 atom stereocenters. The quantitative estimate of drug-likeness (QED) is 0.767. The summed E-state index contributed by atoms with van der Waals surface area (Å²) < 4.78 is 5.55. The van der Waals surface area contributed by atoms with Gasteiger partial charge in [-0.3, -0.25) is 4.79 Å². The number of urea groups is 1. The molecule has 0 unspecified atom stereocenters. The topological polar surface area (TPSA) is 79.5 Å². The van der Waals surface area contributed by atoms with Crippen molar-refractivity contribution in [3.63, 3.8) is 0 Å². The summed E-state index contributed by atoms with van der Waals surface area (Å²) in [5.74, 6) is 0.327. The molecular weight excluding hydrogens is 338 g/mol. The number of anilines is 1. The second kappa shape index (κ2) is 7.40. The first-order valence-corrected chi connectivity index (χ1v) is 8.83. The van der Waals surface area contributed by atoms with Crippen LogP contribution in [-0.2, 0) is 4.79 Å². The number of hydrogen-bond acceptors (Lipinski definition) is 4. The molecule has 3 rings (SSSR count). The van der Waals surface area contributed by atoms with E-state index in [4.69, 9.17) is 4.74 Å². The summed E-state index contributed by atoms with van der Waals surface area (Å²) in [4.78, 5) is 25.7. The standard InChI is InChI=1S/C18H19N3O3S/c1-3-24-13-8-5-4-7-12(13)20-17(22)15-11(2)19-18(23)21-16(15)14-9-6-10-25-14/h4-10,16H,3H2,1-2H3,(H,20,22)(H2,19,21,23)/t16-/m1/s1. The van der Waals surface area contributed by atoms with Crippen LogP contribution < -0.4 is 20.7 Å². The highest BCUT2D eigenvalue weighted by molar-refractivity contribution is 7.10.